The van der Waals surface area contributed by atoms with E-state index in [1.54, 1.807) is 0 Å². The molecule has 2 heterocycles. The van der Waals surface area contributed by atoms with E-state index < -0.39 is 0 Å². The number of hydrogen-bond acceptors (Lipinski definition) is 5. The molecule has 112 valence electrons. The monoisotopic (exact) mass is 315 g/mol. The number of benzene rings is 1. The molecule has 0 saturated carbocycles. The molecule has 0 bridgehead atoms. The Morgan fingerprint density at radius 1 is 1.27 bits per heavy atom. The van der Waals surface area contributed by atoms with E-state index in [0.717, 1.165) is 17.3 Å². The molecular formula is C14H13N5O2S. The summed E-state index contributed by atoms with van der Waals surface area (Å²) in [6, 6.07) is 9.65. The van der Waals surface area contributed by atoms with E-state index in [1.807, 2.05) is 30.3 Å². The van der Waals surface area contributed by atoms with Gasteiger partial charge in [0.15, 0.2) is 16.3 Å². The van der Waals surface area contributed by atoms with Gasteiger partial charge in [-0.3, -0.25) is 14.6 Å². The number of aromatic nitrogens is 4. The van der Waals surface area contributed by atoms with Crippen molar-refractivity contribution in [2.24, 2.45) is 0 Å². The molecule has 0 spiro atoms. The number of aromatic amines is 2. The minimum absolute atomic E-state index is 0.126. The molecule has 1 amide bonds. The van der Waals surface area contributed by atoms with Gasteiger partial charge in [0.1, 0.15) is 0 Å². The molecule has 3 aromatic rings. The summed E-state index contributed by atoms with van der Waals surface area (Å²) in [5.74, 6) is 0.0461. The summed E-state index contributed by atoms with van der Waals surface area (Å²) in [7, 11) is 0. The van der Waals surface area contributed by atoms with E-state index in [1.165, 1.54) is 6.33 Å². The van der Waals surface area contributed by atoms with Crippen LogP contribution in [0.25, 0.3) is 11.2 Å². The molecule has 0 saturated heterocycles. The SMILES string of the molecule is O=C(CSc1nc2nc[nH]c2c(=O)[nH]1)NCc1ccccc1. The molecule has 0 aliphatic heterocycles. The number of nitrogens with one attached hydrogen (secondary N) is 3. The number of carbonyl (C=O) groups is 1. The number of H-pyrrole nitrogens is 2. The third-order valence-electron chi connectivity index (χ3n) is 2.95. The average Bonchev–Trinajstić information content (AvgIpc) is 3.01. The van der Waals surface area contributed by atoms with Gasteiger partial charge in [0.2, 0.25) is 5.91 Å². The van der Waals surface area contributed by atoms with E-state index in [9.17, 15) is 9.59 Å². The summed E-state index contributed by atoms with van der Waals surface area (Å²) in [4.78, 5) is 37.0. The summed E-state index contributed by atoms with van der Waals surface area (Å²) in [6.45, 7) is 0.475. The van der Waals surface area contributed by atoms with Crippen molar-refractivity contribution in [2.75, 3.05) is 5.75 Å². The number of thioether (sulfide) groups is 1. The fraction of sp³-hybridized carbons (Fsp3) is 0.143. The minimum atomic E-state index is -0.297. The molecule has 3 rings (SSSR count). The van der Waals surface area contributed by atoms with Crippen molar-refractivity contribution in [2.45, 2.75) is 11.7 Å². The van der Waals surface area contributed by atoms with Gasteiger partial charge in [0, 0.05) is 6.54 Å². The Labute approximate surface area is 129 Å². The van der Waals surface area contributed by atoms with Crippen LogP contribution in [0.4, 0.5) is 0 Å². The predicted molar refractivity (Wildman–Crippen MR) is 83.5 cm³/mol. The Morgan fingerprint density at radius 3 is 2.91 bits per heavy atom. The first-order chi connectivity index (χ1) is 10.7. The zero-order valence-electron chi connectivity index (χ0n) is 11.5. The lowest BCUT2D eigenvalue weighted by Crippen LogP contribution is -2.24. The standard InChI is InChI=1S/C14H13N5O2S/c20-10(15-6-9-4-2-1-3-5-9)7-22-14-18-12-11(13(21)19-14)16-8-17-12/h1-5,8H,6-7H2,(H,15,20)(H2,16,17,18,19,21). The predicted octanol–water partition coefficient (Wildman–Crippen LogP) is 1.05. The molecule has 0 aliphatic carbocycles. The van der Waals surface area contributed by atoms with E-state index >= 15 is 0 Å². The number of hydrogen-bond donors (Lipinski definition) is 3. The van der Waals surface area contributed by atoms with E-state index in [4.69, 9.17) is 0 Å². The smallest absolute Gasteiger partial charge is 0.277 e. The maximum Gasteiger partial charge on any atom is 0.277 e. The third-order valence-corrected chi connectivity index (χ3v) is 3.82. The number of nitrogens with zero attached hydrogens (tertiary/aromatic N) is 2. The van der Waals surface area contributed by atoms with Crippen LogP contribution in [0.15, 0.2) is 46.6 Å². The molecule has 7 nitrogen and oxygen atoms in total. The van der Waals surface area contributed by atoms with Crippen molar-refractivity contribution in [1.29, 1.82) is 0 Å². The second-order valence-electron chi connectivity index (χ2n) is 4.52. The Balaban J connectivity index is 1.57. The van der Waals surface area contributed by atoms with Crippen LogP contribution in [-0.4, -0.2) is 31.6 Å². The highest BCUT2D eigenvalue weighted by atomic mass is 32.2. The van der Waals surface area contributed by atoms with Crippen molar-refractivity contribution in [1.82, 2.24) is 25.3 Å². The van der Waals surface area contributed by atoms with Gasteiger partial charge >= 0.3 is 0 Å². The molecule has 8 heteroatoms. The summed E-state index contributed by atoms with van der Waals surface area (Å²) in [6.07, 6.45) is 1.41. The largest absolute Gasteiger partial charge is 0.351 e. The highest BCUT2D eigenvalue weighted by Gasteiger charge is 2.08. The van der Waals surface area contributed by atoms with Gasteiger partial charge in [-0.2, -0.15) is 0 Å². The van der Waals surface area contributed by atoms with Crippen LogP contribution >= 0.6 is 11.8 Å². The summed E-state index contributed by atoms with van der Waals surface area (Å²) < 4.78 is 0. The lowest BCUT2D eigenvalue weighted by molar-refractivity contribution is -0.118. The normalized spacial score (nSPS) is 10.7. The van der Waals surface area contributed by atoms with Gasteiger partial charge in [-0.1, -0.05) is 42.1 Å². The number of carbonyl (C=O) groups excluding carboxylic acids is 1. The number of rotatable bonds is 5. The molecule has 0 fully saturated rings. The average molecular weight is 315 g/mol. The van der Waals surface area contributed by atoms with E-state index in [-0.39, 0.29) is 17.2 Å². The van der Waals surface area contributed by atoms with E-state index in [0.29, 0.717) is 22.9 Å². The Hall–Kier alpha value is -2.61. The Kier molecular flexibility index (Phi) is 4.19. The molecule has 22 heavy (non-hydrogen) atoms. The summed E-state index contributed by atoms with van der Waals surface area (Å²) >= 11 is 1.16. The number of imidazole rings is 1. The zero-order valence-corrected chi connectivity index (χ0v) is 12.3. The van der Waals surface area contributed by atoms with E-state index in [2.05, 4.69) is 25.3 Å². The van der Waals surface area contributed by atoms with Crippen LogP contribution < -0.4 is 10.9 Å². The first kappa shape index (κ1) is 14.3. The molecule has 0 aliphatic rings. The van der Waals surface area contributed by atoms with Crippen molar-refractivity contribution in [3.05, 3.63) is 52.6 Å². The lowest BCUT2D eigenvalue weighted by atomic mass is 10.2. The first-order valence-electron chi connectivity index (χ1n) is 6.59. The molecule has 1 aromatic carbocycles. The van der Waals surface area contributed by atoms with Crippen molar-refractivity contribution >= 4 is 28.8 Å². The first-order valence-corrected chi connectivity index (χ1v) is 7.58. The van der Waals surface area contributed by atoms with Crippen LogP contribution in [0.3, 0.4) is 0 Å². The van der Waals surface area contributed by atoms with Crippen LogP contribution in [0, 0.1) is 0 Å². The lowest BCUT2D eigenvalue weighted by Gasteiger charge is -2.04. The zero-order chi connectivity index (χ0) is 15.4. The molecule has 2 aromatic heterocycles. The molecule has 0 unspecified atom stereocenters. The molecule has 0 atom stereocenters. The third kappa shape index (κ3) is 3.34. The minimum Gasteiger partial charge on any atom is -0.351 e. The number of fused-ring (bicyclic) bond motifs is 1. The molecule has 0 radical (unpaired) electrons. The van der Waals surface area contributed by atoms with Gasteiger partial charge in [0.25, 0.3) is 5.56 Å². The maximum atomic E-state index is 11.8. The Bertz CT molecular complexity index is 843. The highest BCUT2D eigenvalue weighted by molar-refractivity contribution is 7.99. The van der Waals surface area contributed by atoms with Crippen molar-refractivity contribution < 1.29 is 4.79 Å². The van der Waals surface area contributed by atoms with Crippen molar-refractivity contribution in [3.63, 3.8) is 0 Å². The Morgan fingerprint density at radius 2 is 2.09 bits per heavy atom. The summed E-state index contributed by atoms with van der Waals surface area (Å²) in [5.41, 5.74) is 1.41. The molecular weight excluding hydrogens is 302 g/mol. The van der Waals surface area contributed by atoms with Gasteiger partial charge in [-0.05, 0) is 5.56 Å². The van der Waals surface area contributed by atoms with Crippen LogP contribution in [0.1, 0.15) is 5.56 Å². The fourth-order valence-electron chi connectivity index (χ4n) is 1.87. The van der Waals surface area contributed by atoms with Gasteiger partial charge in [0.05, 0.1) is 12.1 Å². The number of amides is 1. The topological polar surface area (TPSA) is 104 Å². The van der Waals surface area contributed by atoms with Crippen LogP contribution in [-0.2, 0) is 11.3 Å². The highest BCUT2D eigenvalue weighted by Crippen LogP contribution is 2.12. The van der Waals surface area contributed by atoms with Crippen molar-refractivity contribution in [3.8, 4) is 0 Å². The van der Waals surface area contributed by atoms with Crippen LogP contribution in [0.5, 0.6) is 0 Å². The molecule has 3 N–H and O–H groups in total. The van der Waals surface area contributed by atoms with Gasteiger partial charge in [-0.15, -0.1) is 0 Å². The second-order valence-corrected chi connectivity index (χ2v) is 5.49. The van der Waals surface area contributed by atoms with Gasteiger partial charge < -0.3 is 10.3 Å². The van der Waals surface area contributed by atoms with Gasteiger partial charge in [-0.25, -0.2) is 9.97 Å². The fourth-order valence-corrected chi connectivity index (χ4v) is 2.56. The summed E-state index contributed by atoms with van der Waals surface area (Å²) in [5, 5.41) is 3.19. The quantitative estimate of drug-likeness (QED) is 0.482. The maximum absolute atomic E-state index is 11.8. The van der Waals surface area contributed by atoms with Crippen LogP contribution in [0.2, 0.25) is 0 Å². The second kappa shape index (κ2) is 6.44.